The average molecular weight is 148 g/mol. The van der Waals surface area contributed by atoms with Crippen molar-refractivity contribution >= 4 is 5.57 Å². The summed E-state index contributed by atoms with van der Waals surface area (Å²) in [6, 6.07) is 0. The second kappa shape index (κ2) is 3.28. The number of rotatable bonds is 2. The van der Waals surface area contributed by atoms with Gasteiger partial charge in [-0.15, -0.1) is 0 Å². The lowest BCUT2D eigenvalue weighted by Gasteiger charge is -2.03. The molecule has 0 unspecified atom stereocenters. The Kier molecular flexibility index (Phi) is 2.36. The van der Waals surface area contributed by atoms with Gasteiger partial charge in [-0.1, -0.05) is 13.5 Å². The molecular weight excluding hydrogens is 136 g/mol. The van der Waals surface area contributed by atoms with Gasteiger partial charge in [-0.3, -0.25) is 0 Å². The molecule has 1 rings (SSSR count). The quantitative estimate of drug-likeness (QED) is 0.641. The Morgan fingerprint density at radius 1 is 1.64 bits per heavy atom. The Labute approximate surface area is 67.0 Å². The van der Waals surface area contributed by atoms with E-state index in [0.717, 1.165) is 17.7 Å². The minimum atomic E-state index is 0.961. The molecule has 0 aromatic carbocycles. The summed E-state index contributed by atoms with van der Waals surface area (Å²) >= 11 is 0. The van der Waals surface area contributed by atoms with Gasteiger partial charge in [0.25, 0.3) is 0 Å². The zero-order valence-corrected chi connectivity index (χ0v) is 6.96. The lowest BCUT2D eigenvalue weighted by Crippen LogP contribution is -1.94. The van der Waals surface area contributed by atoms with Gasteiger partial charge in [0.2, 0.25) is 0 Å². The molecule has 0 amide bonds. The van der Waals surface area contributed by atoms with E-state index in [1.807, 2.05) is 13.1 Å². The van der Waals surface area contributed by atoms with E-state index in [9.17, 15) is 0 Å². The van der Waals surface area contributed by atoms with Crippen LogP contribution in [0.1, 0.15) is 25.1 Å². The molecule has 1 heterocycles. The fraction of sp³-hybridized carbons (Fsp3) is 0.333. The van der Waals surface area contributed by atoms with Gasteiger partial charge in [0, 0.05) is 6.20 Å². The van der Waals surface area contributed by atoms with Crippen LogP contribution in [-0.4, -0.2) is 9.97 Å². The molecule has 1 aromatic rings. The first-order valence-electron chi connectivity index (χ1n) is 3.70. The van der Waals surface area contributed by atoms with Crippen molar-refractivity contribution in [3.63, 3.8) is 0 Å². The average Bonchev–Trinajstić information content (AvgIpc) is 2.04. The van der Waals surface area contributed by atoms with Crippen molar-refractivity contribution in [2.24, 2.45) is 0 Å². The molecule has 0 radical (unpaired) electrons. The molecule has 0 bridgehead atoms. The van der Waals surface area contributed by atoms with Crippen molar-refractivity contribution in [3.05, 3.63) is 30.4 Å². The van der Waals surface area contributed by atoms with Gasteiger partial charge in [-0.2, -0.15) is 0 Å². The van der Waals surface area contributed by atoms with Crippen LogP contribution in [0, 0.1) is 0 Å². The molecule has 2 nitrogen and oxygen atoms in total. The Morgan fingerprint density at radius 2 is 2.36 bits per heavy atom. The predicted octanol–water partition coefficient (Wildman–Crippen LogP) is 2.07. The number of aryl methyl sites for hydroxylation is 1. The van der Waals surface area contributed by atoms with Crippen LogP contribution in [0.3, 0.4) is 0 Å². The summed E-state index contributed by atoms with van der Waals surface area (Å²) in [5.41, 5.74) is 3.16. The first-order chi connectivity index (χ1) is 5.25. The third kappa shape index (κ3) is 1.64. The summed E-state index contributed by atoms with van der Waals surface area (Å²) in [7, 11) is 0. The summed E-state index contributed by atoms with van der Waals surface area (Å²) in [4.78, 5) is 8.08. The number of nitrogens with zero attached hydrogens (tertiary/aromatic N) is 2. The maximum Gasteiger partial charge on any atom is 0.116 e. The molecule has 0 saturated heterocycles. The summed E-state index contributed by atoms with van der Waals surface area (Å²) in [5, 5.41) is 0. The van der Waals surface area contributed by atoms with Gasteiger partial charge in [0.05, 0.1) is 5.69 Å². The largest absolute Gasteiger partial charge is 0.244 e. The van der Waals surface area contributed by atoms with Crippen LogP contribution in [-0.2, 0) is 6.42 Å². The Hall–Kier alpha value is -1.18. The van der Waals surface area contributed by atoms with Crippen LogP contribution < -0.4 is 0 Å². The van der Waals surface area contributed by atoms with Crippen LogP contribution >= 0.6 is 0 Å². The van der Waals surface area contributed by atoms with E-state index in [4.69, 9.17) is 0 Å². The number of hydrogen-bond acceptors (Lipinski definition) is 2. The molecule has 1 aromatic heterocycles. The maximum atomic E-state index is 4.14. The van der Waals surface area contributed by atoms with E-state index in [1.165, 1.54) is 5.56 Å². The van der Waals surface area contributed by atoms with E-state index in [-0.39, 0.29) is 0 Å². The molecule has 2 heteroatoms. The zero-order chi connectivity index (χ0) is 8.27. The fourth-order valence-corrected chi connectivity index (χ4v) is 1.00. The molecule has 0 spiro atoms. The highest BCUT2D eigenvalue weighted by molar-refractivity contribution is 5.60. The summed E-state index contributed by atoms with van der Waals surface area (Å²) < 4.78 is 0. The molecule has 0 aliphatic heterocycles. The van der Waals surface area contributed by atoms with Gasteiger partial charge in [0.1, 0.15) is 6.33 Å². The monoisotopic (exact) mass is 148 g/mol. The SMILES string of the molecule is C=C(C)c1ncncc1CC. The van der Waals surface area contributed by atoms with E-state index in [0.29, 0.717) is 0 Å². The third-order valence-electron chi connectivity index (χ3n) is 1.57. The van der Waals surface area contributed by atoms with Gasteiger partial charge < -0.3 is 0 Å². The van der Waals surface area contributed by atoms with E-state index in [1.54, 1.807) is 6.33 Å². The molecule has 0 saturated carbocycles. The molecular formula is C9H12N2. The van der Waals surface area contributed by atoms with Gasteiger partial charge >= 0.3 is 0 Å². The third-order valence-corrected chi connectivity index (χ3v) is 1.57. The number of allylic oxidation sites excluding steroid dienone is 1. The first kappa shape index (κ1) is 7.92. The van der Waals surface area contributed by atoms with Crippen molar-refractivity contribution < 1.29 is 0 Å². The second-order valence-electron chi connectivity index (χ2n) is 2.53. The lowest BCUT2D eigenvalue weighted by molar-refractivity contribution is 1.02. The van der Waals surface area contributed by atoms with Crippen molar-refractivity contribution in [2.45, 2.75) is 20.3 Å². The molecule has 58 valence electrons. The number of aromatic nitrogens is 2. The first-order valence-corrected chi connectivity index (χ1v) is 3.70. The van der Waals surface area contributed by atoms with E-state index in [2.05, 4.69) is 23.5 Å². The molecule has 0 fully saturated rings. The standard InChI is InChI=1S/C9H12N2/c1-4-8-5-10-6-11-9(8)7(2)3/h5-6H,2,4H2,1,3H3. The minimum absolute atomic E-state index is 0.961. The highest BCUT2D eigenvalue weighted by Crippen LogP contribution is 2.12. The fourth-order valence-electron chi connectivity index (χ4n) is 1.00. The Bertz CT molecular complexity index is 266. The highest BCUT2D eigenvalue weighted by Gasteiger charge is 2.00. The molecule has 0 aliphatic rings. The summed E-state index contributed by atoms with van der Waals surface area (Å²) in [5.74, 6) is 0. The van der Waals surface area contributed by atoms with Crippen LogP contribution in [0.5, 0.6) is 0 Å². The topological polar surface area (TPSA) is 25.8 Å². The summed E-state index contributed by atoms with van der Waals surface area (Å²) in [6.45, 7) is 7.89. The predicted molar refractivity (Wildman–Crippen MR) is 46.1 cm³/mol. The van der Waals surface area contributed by atoms with E-state index >= 15 is 0 Å². The van der Waals surface area contributed by atoms with Gasteiger partial charge in [0.15, 0.2) is 0 Å². The zero-order valence-electron chi connectivity index (χ0n) is 6.96. The Balaban J connectivity index is 3.12. The summed E-state index contributed by atoms with van der Waals surface area (Å²) in [6.07, 6.45) is 4.36. The van der Waals surface area contributed by atoms with Crippen LogP contribution in [0.25, 0.3) is 5.57 Å². The van der Waals surface area contributed by atoms with Crippen LogP contribution in [0.15, 0.2) is 19.1 Å². The molecule has 11 heavy (non-hydrogen) atoms. The normalized spacial score (nSPS) is 9.64. The molecule has 0 N–H and O–H groups in total. The van der Waals surface area contributed by atoms with Crippen LogP contribution in [0.4, 0.5) is 0 Å². The second-order valence-corrected chi connectivity index (χ2v) is 2.53. The van der Waals surface area contributed by atoms with Gasteiger partial charge in [-0.25, -0.2) is 9.97 Å². The number of hydrogen-bond donors (Lipinski definition) is 0. The van der Waals surface area contributed by atoms with E-state index < -0.39 is 0 Å². The van der Waals surface area contributed by atoms with Crippen molar-refractivity contribution in [1.29, 1.82) is 0 Å². The minimum Gasteiger partial charge on any atom is -0.244 e. The smallest absolute Gasteiger partial charge is 0.116 e. The Morgan fingerprint density at radius 3 is 2.82 bits per heavy atom. The molecule has 0 aliphatic carbocycles. The van der Waals surface area contributed by atoms with Gasteiger partial charge in [-0.05, 0) is 24.5 Å². The van der Waals surface area contributed by atoms with Crippen LogP contribution in [0.2, 0.25) is 0 Å². The van der Waals surface area contributed by atoms with Crippen molar-refractivity contribution in [3.8, 4) is 0 Å². The molecule has 0 atom stereocenters. The van der Waals surface area contributed by atoms with Crippen molar-refractivity contribution in [2.75, 3.05) is 0 Å². The lowest BCUT2D eigenvalue weighted by atomic mass is 10.1. The highest BCUT2D eigenvalue weighted by atomic mass is 14.8. The maximum absolute atomic E-state index is 4.14. The van der Waals surface area contributed by atoms with Crippen molar-refractivity contribution in [1.82, 2.24) is 9.97 Å².